The number of anilines is 3. The fraction of sp³-hybridized carbons (Fsp3) is 0.500. The molecule has 0 radical (unpaired) electrons. The van der Waals surface area contributed by atoms with Crippen LogP contribution in [-0.4, -0.2) is 45.8 Å². The van der Waals surface area contributed by atoms with E-state index in [-0.39, 0.29) is 0 Å². The molecule has 7 nitrogen and oxygen atoms in total. The van der Waals surface area contributed by atoms with Gasteiger partial charge in [-0.3, -0.25) is 0 Å². The summed E-state index contributed by atoms with van der Waals surface area (Å²) in [5.74, 6) is 1.55. The third-order valence-electron chi connectivity index (χ3n) is 6.62. The fourth-order valence-corrected chi connectivity index (χ4v) is 4.97. The van der Waals surface area contributed by atoms with Gasteiger partial charge in [-0.15, -0.1) is 0 Å². The molecule has 3 aliphatic rings. The maximum Gasteiger partial charge on any atom is 0.166 e. The van der Waals surface area contributed by atoms with Gasteiger partial charge in [0.25, 0.3) is 0 Å². The van der Waals surface area contributed by atoms with Crippen molar-refractivity contribution in [3.63, 3.8) is 0 Å². The zero-order valence-corrected chi connectivity index (χ0v) is 16.8. The van der Waals surface area contributed by atoms with E-state index in [0.717, 1.165) is 54.8 Å². The molecular formula is C22H26N6O. The van der Waals surface area contributed by atoms with E-state index < -0.39 is 0 Å². The standard InChI is InChI=1S/C22H26N6O/c1-15-24-20(19-21(25-15)28(14-23-19)18-4-2-3-5-18)26-16-6-8-17(9-7-16)27-10-22(11-27)12-29-13-22/h6-9,14,18H,2-5,10-13H2,1H3,(H,24,25,26). The van der Waals surface area contributed by atoms with Gasteiger partial charge in [0, 0.05) is 30.5 Å². The zero-order valence-electron chi connectivity index (χ0n) is 16.8. The van der Waals surface area contributed by atoms with Crippen molar-refractivity contribution in [3.05, 3.63) is 36.4 Å². The van der Waals surface area contributed by atoms with Crippen molar-refractivity contribution in [2.24, 2.45) is 5.41 Å². The van der Waals surface area contributed by atoms with Crippen molar-refractivity contribution in [1.29, 1.82) is 0 Å². The number of hydrogen-bond donors (Lipinski definition) is 1. The van der Waals surface area contributed by atoms with Gasteiger partial charge in [-0.05, 0) is 44.0 Å². The number of rotatable bonds is 4. The summed E-state index contributed by atoms with van der Waals surface area (Å²) in [5, 5.41) is 3.47. The maximum absolute atomic E-state index is 5.37. The highest BCUT2D eigenvalue weighted by atomic mass is 16.5. The van der Waals surface area contributed by atoms with Crippen LogP contribution < -0.4 is 10.2 Å². The first-order valence-corrected chi connectivity index (χ1v) is 10.6. The van der Waals surface area contributed by atoms with Crippen molar-refractivity contribution in [3.8, 4) is 0 Å². The molecule has 0 atom stereocenters. The summed E-state index contributed by atoms with van der Waals surface area (Å²) < 4.78 is 7.62. The van der Waals surface area contributed by atoms with Crippen LogP contribution in [0.25, 0.3) is 11.2 Å². The second kappa shape index (κ2) is 6.42. The number of benzene rings is 1. The molecule has 1 aliphatic carbocycles. The van der Waals surface area contributed by atoms with Crippen LogP contribution in [0.15, 0.2) is 30.6 Å². The second-order valence-electron chi connectivity index (χ2n) is 8.90. The molecule has 2 aromatic heterocycles. The van der Waals surface area contributed by atoms with Gasteiger partial charge in [-0.25, -0.2) is 15.0 Å². The lowest BCUT2D eigenvalue weighted by Gasteiger charge is -2.56. The molecule has 1 spiro atoms. The molecule has 1 N–H and O–H groups in total. The molecule has 3 aromatic rings. The average molecular weight is 390 g/mol. The Kier molecular flexibility index (Phi) is 3.81. The second-order valence-corrected chi connectivity index (χ2v) is 8.90. The van der Waals surface area contributed by atoms with Gasteiger partial charge in [0.1, 0.15) is 5.82 Å². The molecule has 6 rings (SSSR count). The molecule has 7 heteroatoms. The van der Waals surface area contributed by atoms with Crippen LogP contribution in [0.1, 0.15) is 37.5 Å². The first-order valence-electron chi connectivity index (χ1n) is 10.6. The lowest BCUT2D eigenvalue weighted by molar-refractivity contribution is -0.127. The summed E-state index contributed by atoms with van der Waals surface area (Å²) >= 11 is 0. The molecule has 2 saturated heterocycles. The molecule has 29 heavy (non-hydrogen) atoms. The van der Waals surface area contributed by atoms with Gasteiger partial charge in [0.15, 0.2) is 17.0 Å². The molecule has 3 fully saturated rings. The highest BCUT2D eigenvalue weighted by Gasteiger charge is 2.48. The third-order valence-corrected chi connectivity index (χ3v) is 6.62. The van der Waals surface area contributed by atoms with E-state index in [9.17, 15) is 0 Å². The van der Waals surface area contributed by atoms with Crippen LogP contribution >= 0.6 is 0 Å². The largest absolute Gasteiger partial charge is 0.380 e. The Bertz CT molecular complexity index is 1040. The van der Waals surface area contributed by atoms with Crippen molar-refractivity contribution in [1.82, 2.24) is 19.5 Å². The topological polar surface area (TPSA) is 68.1 Å². The summed E-state index contributed by atoms with van der Waals surface area (Å²) in [6.45, 7) is 5.98. The molecule has 0 amide bonds. The van der Waals surface area contributed by atoms with E-state index >= 15 is 0 Å². The van der Waals surface area contributed by atoms with Gasteiger partial charge in [-0.2, -0.15) is 0 Å². The number of nitrogens with one attached hydrogen (secondary N) is 1. The summed E-state index contributed by atoms with van der Waals surface area (Å²) in [5.41, 5.74) is 4.51. The Morgan fingerprint density at radius 2 is 1.83 bits per heavy atom. The van der Waals surface area contributed by atoms with Crippen LogP contribution in [0.3, 0.4) is 0 Å². The summed E-state index contributed by atoms with van der Waals surface area (Å²) in [6, 6.07) is 9.11. The van der Waals surface area contributed by atoms with E-state index in [4.69, 9.17) is 9.72 Å². The molecule has 4 heterocycles. The number of ether oxygens (including phenoxy) is 1. The minimum atomic E-state index is 0.430. The SMILES string of the molecule is Cc1nc(Nc2ccc(N3CC4(COC4)C3)cc2)c2ncn(C3CCCC3)c2n1. The summed E-state index contributed by atoms with van der Waals surface area (Å²) in [7, 11) is 0. The quantitative estimate of drug-likeness (QED) is 0.730. The Hall–Kier alpha value is -2.67. The third kappa shape index (κ3) is 2.87. The highest BCUT2D eigenvalue weighted by molar-refractivity contribution is 5.85. The summed E-state index contributed by atoms with van der Waals surface area (Å²) in [6.07, 6.45) is 6.94. The minimum Gasteiger partial charge on any atom is -0.380 e. The number of fused-ring (bicyclic) bond motifs is 1. The number of nitrogens with zero attached hydrogens (tertiary/aromatic N) is 5. The smallest absolute Gasteiger partial charge is 0.166 e. The normalized spacial score (nSPS) is 20.8. The molecule has 2 aliphatic heterocycles. The fourth-order valence-electron chi connectivity index (χ4n) is 4.97. The molecule has 0 bridgehead atoms. The Morgan fingerprint density at radius 3 is 2.52 bits per heavy atom. The van der Waals surface area contributed by atoms with Crippen LogP contribution in [0.4, 0.5) is 17.2 Å². The van der Waals surface area contributed by atoms with Crippen LogP contribution in [-0.2, 0) is 4.74 Å². The molecule has 0 unspecified atom stereocenters. The first kappa shape index (κ1) is 17.2. The predicted octanol–water partition coefficient (Wildman–Crippen LogP) is 3.83. The molecular weight excluding hydrogens is 364 g/mol. The molecule has 1 saturated carbocycles. The maximum atomic E-state index is 5.37. The van der Waals surface area contributed by atoms with Gasteiger partial charge >= 0.3 is 0 Å². The predicted molar refractivity (Wildman–Crippen MR) is 113 cm³/mol. The van der Waals surface area contributed by atoms with Crippen molar-refractivity contribution in [2.75, 3.05) is 36.5 Å². The van der Waals surface area contributed by atoms with Gasteiger partial charge in [-0.1, -0.05) is 12.8 Å². The van der Waals surface area contributed by atoms with E-state index in [1.54, 1.807) is 0 Å². The lowest BCUT2D eigenvalue weighted by atomic mass is 9.78. The number of aromatic nitrogens is 4. The average Bonchev–Trinajstić information content (AvgIpc) is 3.30. The monoisotopic (exact) mass is 390 g/mol. The molecule has 1 aromatic carbocycles. The van der Waals surface area contributed by atoms with E-state index in [1.165, 1.54) is 31.4 Å². The van der Waals surface area contributed by atoms with E-state index in [1.807, 2.05) is 13.3 Å². The number of aryl methyl sites for hydroxylation is 1. The van der Waals surface area contributed by atoms with Crippen LogP contribution in [0.5, 0.6) is 0 Å². The van der Waals surface area contributed by atoms with E-state index in [0.29, 0.717) is 11.5 Å². The summed E-state index contributed by atoms with van der Waals surface area (Å²) in [4.78, 5) is 16.4. The van der Waals surface area contributed by atoms with E-state index in [2.05, 4.69) is 49.0 Å². The lowest BCUT2D eigenvalue weighted by Crippen LogP contribution is -2.66. The molecule has 150 valence electrons. The zero-order chi connectivity index (χ0) is 19.4. The Balaban J connectivity index is 1.24. The highest BCUT2D eigenvalue weighted by Crippen LogP contribution is 2.40. The van der Waals surface area contributed by atoms with Gasteiger partial charge < -0.3 is 19.5 Å². The Morgan fingerprint density at radius 1 is 1.07 bits per heavy atom. The van der Waals surface area contributed by atoms with Crippen molar-refractivity contribution < 1.29 is 4.74 Å². The number of hydrogen-bond acceptors (Lipinski definition) is 6. The van der Waals surface area contributed by atoms with Crippen LogP contribution in [0.2, 0.25) is 0 Å². The van der Waals surface area contributed by atoms with Gasteiger partial charge in [0.2, 0.25) is 0 Å². The number of imidazole rings is 1. The van der Waals surface area contributed by atoms with Crippen LogP contribution in [0, 0.1) is 12.3 Å². The van der Waals surface area contributed by atoms with Gasteiger partial charge in [0.05, 0.1) is 25.0 Å². The van der Waals surface area contributed by atoms with Crippen molar-refractivity contribution in [2.45, 2.75) is 38.6 Å². The Labute approximate surface area is 170 Å². The minimum absolute atomic E-state index is 0.430. The first-order chi connectivity index (χ1) is 14.2. The van der Waals surface area contributed by atoms with Crippen molar-refractivity contribution >= 4 is 28.4 Å².